The second kappa shape index (κ2) is 4.28. The van der Waals surface area contributed by atoms with Gasteiger partial charge in [0.2, 0.25) is 0 Å². The number of carbonyl (C=O) groups is 1. The molecule has 0 aliphatic heterocycles. The van der Waals surface area contributed by atoms with Gasteiger partial charge in [0.25, 0.3) is 0 Å². The maximum Gasteiger partial charge on any atom is 0.373 e. The Hall–Kier alpha value is -2.56. The van der Waals surface area contributed by atoms with E-state index in [0.717, 1.165) is 10.9 Å². The number of benzene rings is 1. The third-order valence-corrected chi connectivity index (χ3v) is 2.91. The van der Waals surface area contributed by atoms with Crippen molar-refractivity contribution in [1.29, 1.82) is 0 Å². The molecule has 0 saturated carbocycles. The second-order valence-electron chi connectivity index (χ2n) is 4.05. The normalized spacial score (nSPS) is 11.0. The van der Waals surface area contributed by atoms with Crippen molar-refractivity contribution < 1.29 is 14.1 Å². The molecule has 0 aliphatic carbocycles. The van der Waals surface area contributed by atoms with Gasteiger partial charge in [-0.15, -0.1) is 0 Å². The molecular weight excluding hydrogens is 246 g/mol. The summed E-state index contributed by atoms with van der Waals surface area (Å²) < 4.78 is 11.4. The highest BCUT2D eigenvalue weighted by Crippen LogP contribution is 2.18. The van der Waals surface area contributed by atoms with Gasteiger partial charge in [0.05, 0.1) is 12.1 Å². The Labute approximate surface area is 108 Å². The van der Waals surface area contributed by atoms with Crippen LogP contribution in [0.4, 0.5) is 0 Å². The fourth-order valence-corrected chi connectivity index (χ4v) is 2.09. The van der Waals surface area contributed by atoms with Crippen molar-refractivity contribution >= 4 is 22.4 Å². The van der Waals surface area contributed by atoms with Gasteiger partial charge in [-0.1, -0.05) is 24.3 Å². The number of rotatable bonds is 2. The van der Waals surface area contributed by atoms with Crippen molar-refractivity contribution in [1.82, 2.24) is 4.57 Å². The van der Waals surface area contributed by atoms with Crippen molar-refractivity contribution in [2.75, 3.05) is 6.61 Å². The standard InChI is InChI=1S/C14H11NO4/c1-2-18-13(16)12-11-8-7-9-5-3-4-6-10(9)15(11)19-14(12)17/h3-8H,2H2,1H3. The van der Waals surface area contributed by atoms with Crippen LogP contribution in [0.2, 0.25) is 0 Å². The topological polar surface area (TPSA) is 60.9 Å². The molecular formula is C14H11NO4. The van der Waals surface area contributed by atoms with Gasteiger partial charge >= 0.3 is 11.6 Å². The largest absolute Gasteiger partial charge is 0.462 e. The van der Waals surface area contributed by atoms with Crippen LogP contribution in [0.25, 0.3) is 16.4 Å². The Morgan fingerprint density at radius 2 is 2.00 bits per heavy atom. The molecule has 3 rings (SSSR count). The third-order valence-electron chi connectivity index (χ3n) is 2.91. The van der Waals surface area contributed by atoms with Crippen LogP contribution in [0.3, 0.4) is 0 Å². The minimum absolute atomic E-state index is 0.0624. The first-order valence-electron chi connectivity index (χ1n) is 5.93. The molecule has 0 spiro atoms. The summed E-state index contributed by atoms with van der Waals surface area (Å²) in [5, 5.41) is 0.921. The van der Waals surface area contributed by atoms with Gasteiger partial charge in [-0.2, -0.15) is 4.57 Å². The summed E-state index contributed by atoms with van der Waals surface area (Å²) in [6.45, 7) is 1.90. The summed E-state index contributed by atoms with van der Waals surface area (Å²) in [6.07, 6.45) is 0. The van der Waals surface area contributed by atoms with E-state index >= 15 is 0 Å². The zero-order valence-electron chi connectivity index (χ0n) is 10.3. The number of para-hydroxylation sites is 1. The number of nitrogens with zero attached hydrogens (tertiary/aromatic N) is 1. The third kappa shape index (κ3) is 1.71. The van der Waals surface area contributed by atoms with Crippen molar-refractivity contribution in [3.8, 4) is 0 Å². The lowest BCUT2D eigenvalue weighted by Crippen LogP contribution is -2.13. The number of hydrogen-bond donors (Lipinski definition) is 0. The molecule has 1 aromatic carbocycles. The lowest BCUT2D eigenvalue weighted by atomic mass is 10.2. The summed E-state index contributed by atoms with van der Waals surface area (Å²) >= 11 is 0. The SMILES string of the molecule is CCOC(=O)c1c(=O)on2c1ccc1ccccc12. The van der Waals surface area contributed by atoms with Crippen LogP contribution in [0.1, 0.15) is 17.3 Å². The summed E-state index contributed by atoms with van der Waals surface area (Å²) in [4.78, 5) is 23.6. The van der Waals surface area contributed by atoms with Crippen LogP contribution < -0.4 is 5.63 Å². The van der Waals surface area contributed by atoms with E-state index in [2.05, 4.69) is 0 Å². The molecule has 5 heteroatoms. The number of fused-ring (bicyclic) bond motifs is 3. The second-order valence-corrected chi connectivity index (χ2v) is 4.05. The van der Waals surface area contributed by atoms with Crippen molar-refractivity contribution in [2.45, 2.75) is 6.92 Å². The van der Waals surface area contributed by atoms with Gasteiger partial charge in [-0.25, -0.2) is 9.59 Å². The molecule has 0 N–H and O–H groups in total. The molecule has 3 aromatic rings. The van der Waals surface area contributed by atoms with Gasteiger partial charge in [0.1, 0.15) is 5.52 Å². The highest BCUT2D eigenvalue weighted by Gasteiger charge is 2.21. The number of aromatic nitrogens is 1. The van der Waals surface area contributed by atoms with Crippen LogP contribution in [-0.4, -0.2) is 17.1 Å². The molecule has 0 unspecified atom stereocenters. The summed E-state index contributed by atoms with van der Waals surface area (Å²) in [6, 6.07) is 11.0. The maximum atomic E-state index is 11.8. The molecule has 0 bridgehead atoms. The number of ether oxygens (including phenoxy) is 1. The molecule has 0 atom stereocenters. The van der Waals surface area contributed by atoms with Crippen LogP contribution in [0, 0.1) is 0 Å². The zero-order chi connectivity index (χ0) is 13.4. The smallest absolute Gasteiger partial charge is 0.373 e. The highest BCUT2D eigenvalue weighted by atomic mass is 16.5. The van der Waals surface area contributed by atoms with E-state index < -0.39 is 11.6 Å². The molecule has 2 aromatic heterocycles. The zero-order valence-corrected chi connectivity index (χ0v) is 10.3. The van der Waals surface area contributed by atoms with Gasteiger partial charge in [0.15, 0.2) is 5.56 Å². The molecule has 0 amide bonds. The Morgan fingerprint density at radius 1 is 1.21 bits per heavy atom. The predicted molar refractivity (Wildman–Crippen MR) is 69.4 cm³/mol. The lowest BCUT2D eigenvalue weighted by Gasteiger charge is -2.01. The minimum Gasteiger partial charge on any atom is -0.462 e. The fraction of sp³-hybridized carbons (Fsp3) is 0.143. The fourth-order valence-electron chi connectivity index (χ4n) is 2.09. The van der Waals surface area contributed by atoms with E-state index in [-0.39, 0.29) is 12.2 Å². The molecule has 96 valence electrons. The number of pyridine rings is 1. The molecule has 19 heavy (non-hydrogen) atoms. The number of hydrogen-bond acceptors (Lipinski definition) is 4. The van der Waals surface area contributed by atoms with E-state index in [4.69, 9.17) is 9.26 Å². The first-order chi connectivity index (χ1) is 9.22. The quantitative estimate of drug-likeness (QED) is 0.660. The first-order valence-corrected chi connectivity index (χ1v) is 5.93. The van der Waals surface area contributed by atoms with Crippen molar-refractivity contribution in [3.05, 3.63) is 52.4 Å². The molecule has 2 heterocycles. The van der Waals surface area contributed by atoms with Crippen molar-refractivity contribution in [3.63, 3.8) is 0 Å². The van der Waals surface area contributed by atoms with E-state index in [9.17, 15) is 9.59 Å². The van der Waals surface area contributed by atoms with Gasteiger partial charge in [0, 0.05) is 5.39 Å². The molecule has 0 radical (unpaired) electrons. The number of carbonyl (C=O) groups excluding carboxylic acids is 1. The predicted octanol–water partition coefficient (Wildman–Crippen LogP) is 2.22. The van der Waals surface area contributed by atoms with Gasteiger partial charge in [-0.05, 0) is 19.1 Å². The number of esters is 1. The molecule has 5 nitrogen and oxygen atoms in total. The monoisotopic (exact) mass is 257 g/mol. The van der Waals surface area contributed by atoms with E-state index in [1.165, 1.54) is 4.57 Å². The first kappa shape index (κ1) is 11.5. The Balaban J connectivity index is 2.37. The summed E-state index contributed by atoms with van der Waals surface area (Å²) in [5.74, 6) is -0.658. The van der Waals surface area contributed by atoms with Gasteiger partial charge in [-0.3, -0.25) is 0 Å². The van der Waals surface area contributed by atoms with Gasteiger partial charge < -0.3 is 9.26 Å². The maximum absolute atomic E-state index is 11.8. The highest BCUT2D eigenvalue weighted by molar-refractivity contribution is 5.98. The average molecular weight is 257 g/mol. The summed E-state index contributed by atoms with van der Waals surface area (Å²) in [7, 11) is 0. The Morgan fingerprint density at radius 3 is 2.79 bits per heavy atom. The molecule has 0 fully saturated rings. The summed E-state index contributed by atoms with van der Waals surface area (Å²) in [5.41, 5.74) is 0.400. The molecule has 0 aliphatic rings. The van der Waals surface area contributed by atoms with E-state index in [1.807, 2.05) is 30.3 Å². The Bertz CT molecular complexity index is 828. The minimum atomic E-state index is -0.685. The van der Waals surface area contributed by atoms with Crippen LogP contribution >= 0.6 is 0 Å². The van der Waals surface area contributed by atoms with Crippen molar-refractivity contribution in [2.24, 2.45) is 0 Å². The van der Waals surface area contributed by atoms with Crippen LogP contribution in [-0.2, 0) is 4.74 Å². The van der Waals surface area contributed by atoms with E-state index in [1.54, 1.807) is 13.0 Å². The van der Waals surface area contributed by atoms with Crippen LogP contribution in [0.5, 0.6) is 0 Å². The average Bonchev–Trinajstić information content (AvgIpc) is 2.75. The van der Waals surface area contributed by atoms with E-state index in [0.29, 0.717) is 5.52 Å². The lowest BCUT2D eigenvalue weighted by molar-refractivity contribution is 0.0525. The Kier molecular flexibility index (Phi) is 2.59. The molecule has 0 saturated heterocycles. The van der Waals surface area contributed by atoms with Crippen LogP contribution in [0.15, 0.2) is 45.7 Å².